The van der Waals surface area contributed by atoms with Gasteiger partial charge in [0.2, 0.25) is 11.2 Å². The molecule has 0 unspecified atom stereocenters. The first-order chi connectivity index (χ1) is 25.6. The Balaban J connectivity index is 0.00000336. The maximum Gasteiger partial charge on any atom is 0.349 e. The first kappa shape index (κ1) is 43.0. The second-order valence-electron chi connectivity index (χ2n) is 13.2. The Bertz CT molecular complexity index is 1990. The Morgan fingerprint density at radius 3 is 2.27 bits per heavy atom. The lowest BCUT2D eigenvalue weighted by Crippen LogP contribution is -2.43. The maximum absolute atomic E-state index is 13.3. The van der Waals surface area contributed by atoms with Crippen molar-refractivity contribution in [2.24, 2.45) is 0 Å². The number of benzene rings is 2. The van der Waals surface area contributed by atoms with Crippen LogP contribution in [-0.2, 0) is 26.5 Å². The van der Waals surface area contributed by atoms with Gasteiger partial charge in [-0.15, -0.1) is 22.7 Å². The van der Waals surface area contributed by atoms with Crippen LogP contribution in [0.5, 0.6) is 11.5 Å². The summed E-state index contributed by atoms with van der Waals surface area (Å²) >= 11 is 2.66. The molecule has 0 saturated heterocycles. The molecule has 0 radical (unpaired) electrons. The molecule has 55 heavy (non-hydrogen) atoms. The number of likely N-dealkylation sites (N-methyl/N-ethyl adjacent to an activating group) is 1. The molecule has 1 aliphatic carbocycles. The number of pyridine rings is 1. The minimum Gasteiger partial charge on any atom is -0.506 e. The number of amides is 1. The van der Waals surface area contributed by atoms with Gasteiger partial charge in [0.05, 0.1) is 21.4 Å². The summed E-state index contributed by atoms with van der Waals surface area (Å²) in [5.74, 6) is -0.346. The summed E-state index contributed by atoms with van der Waals surface area (Å²) in [6, 6.07) is 20.8. The maximum atomic E-state index is 13.3. The van der Waals surface area contributed by atoms with Crippen LogP contribution in [-0.4, -0.2) is 82.5 Å². The van der Waals surface area contributed by atoms with Crippen LogP contribution < -0.4 is 20.9 Å². The van der Waals surface area contributed by atoms with E-state index in [1.165, 1.54) is 34.8 Å². The minimum absolute atomic E-state index is 0. The van der Waals surface area contributed by atoms with Crippen LogP contribution in [0.3, 0.4) is 0 Å². The van der Waals surface area contributed by atoms with Gasteiger partial charge in [-0.2, -0.15) is 0 Å². The molecule has 1 amide bonds. The number of nitrogens with one attached hydrogen (secondary N) is 3. The van der Waals surface area contributed by atoms with Crippen molar-refractivity contribution >= 4 is 45.5 Å². The molecule has 3 aromatic heterocycles. The van der Waals surface area contributed by atoms with Crippen molar-refractivity contribution in [1.29, 1.82) is 0 Å². The summed E-state index contributed by atoms with van der Waals surface area (Å²) in [6.07, 6.45) is 1.95. The predicted octanol–water partition coefficient (Wildman–Crippen LogP) is 4.70. The minimum atomic E-state index is -1.80. The summed E-state index contributed by atoms with van der Waals surface area (Å²) in [7, 11) is 2.03. The number of phenolic OH excluding ortho intramolecular Hbond substituents is 1. The van der Waals surface area contributed by atoms with Crippen molar-refractivity contribution in [3.8, 4) is 11.5 Å². The van der Waals surface area contributed by atoms with Gasteiger partial charge in [-0.1, -0.05) is 30.3 Å². The quantitative estimate of drug-likeness (QED) is 0.0769. The largest absolute Gasteiger partial charge is 0.506 e. The lowest BCUT2D eigenvalue weighted by atomic mass is 9.91. The van der Waals surface area contributed by atoms with E-state index in [9.17, 15) is 29.7 Å². The Hall–Kier alpha value is -4.71. The molecule has 6 N–H and O–H groups in total. The summed E-state index contributed by atoms with van der Waals surface area (Å²) in [4.78, 5) is 43.4. The number of aliphatic hydroxyl groups excluding tert-OH is 1. The first-order valence-corrected chi connectivity index (χ1v) is 19.3. The number of carbonyl (C=O) groups is 2. The summed E-state index contributed by atoms with van der Waals surface area (Å²) < 4.78 is 11.6. The summed E-state index contributed by atoms with van der Waals surface area (Å²) in [5, 5.41) is 42.7. The monoisotopic (exact) mass is 800 g/mol. The fourth-order valence-electron chi connectivity index (χ4n) is 6.60. The van der Waals surface area contributed by atoms with E-state index in [0.717, 1.165) is 18.4 Å². The Labute approximate surface area is 324 Å². The number of aromatic hydroxyl groups is 1. The Morgan fingerprint density at radius 2 is 1.64 bits per heavy atom. The molecule has 1 saturated carbocycles. The van der Waals surface area contributed by atoms with Gasteiger partial charge in [0.1, 0.15) is 17.6 Å². The number of aliphatic hydroxyl groups is 2. The first-order valence-electron chi connectivity index (χ1n) is 17.6. The van der Waals surface area contributed by atoms with Gasteiger partial charge in [-0.05, 0) is 91.0 Å². The number of rotatable bonds is 16. The molecule has 12 nitrogen and oxygen atoms in total. The van der Waals surface area contributed by atoms with Crippen molar-refractivity contribution in [3.63, 3.8) is 0 Å². The van der Waals surface area contributed by atoms with E-state index < -0.39 is 17.7 Å². The molecule has 296 valence electrons. The van der Waals surface area contributed by atoms with Crippen LogP contribution in [0, 0.1) is 0 Å². The number of phenols is 1. The lowest BCUT2D eigenvalue weighted by molar-refractivity contribution is -0.169. The van der Waals surface area contributed by atoms with E-state index >= 15 is 0 Å². The van der Waals surface area contributed by atoms with Gasteiger partial charge in [0, 0.05) is 43.7 Å². The fourth-order valence-corrected chi connectivity index (χ4v) is 8.32. The SMILES string of the molecule is CN(CCNC(=O)COc1ccc(CNC[C@H](O)c2ccc(O)c3[nH]c(=O)ccc23)cc1)[C@H]1CC[C@H](OC(=O)C(O)(c2cccs2)c2cccs2)CC1.F.F. The normalized spacial score (nSPS) is 16.1. The number of halogens is 2. The van der Waals surface area contributed by atoms with E-state index in [2.05, 4.69) is 20.5 Å². The van der Waals surface area contributed by atoms with Crippen molar-refractivity contribution in [2.75, 3.05) is 33.3 Å². The van der Waals surface area contributed by atoms with Crippen LogP contribution in [0.4, 0.5) is 9.41 Å². The predicted molar refractivity (Wildman–Crippen MR) is 209 cm³/mol. The van der Waals surface area contributed by atoms with E-state index in [1.54, 1.807) is 36.4 Å². The third-order valence-electron chi connectivity index (χ3n) is 9.60. The number of carbonyl (C=O) groups excluding carboxylic acids is 2. The highest BCUT2D eigenvalue weighted by Gasteiger charge is 2.45. The zero-order chi connectivity index (χ0) is 37.4. The standard InChI is InChI=1S/C39H44N4O8S2.2FH/c1-43(26-8-12-28(13-9-26)51-38(48)39(49,33-4-2-20-52-33)34-5-3-21-53-34)19-18-41-36(47)24-50-27-10-6-25(7-11-27)22-40-23-32(45)29-14-16-31(44)37-30(29)15-17-35(46)42-37;;/h2-7,10-11,14-17,20-21,26,28,32,40,44-45,49H,8-9,12-13,18-19,22-24H2,1H3,(H,41,47)(H,42,46);2*1H/t26-,28-,32-;;/m0../s1. The van der Waals surface area contributed by atoms with Crippen molar-refractivity contribution in [1.82, 2.24) is 20.5 Å². The summed E-state index contributed by atoms with van der Waals surface area (Å²) in [6.45, 7) is 1.76. The number of thiophene rings is 2. The number of aromatic amines is 1. The lowest BCUT2D eigenvalue weighted by Gasteiger charge is -2.35. The molecule has 1 fully saturated rings. The van der Waals surface area contributed by atoms with E-state index in [4.69, 9.17) is 9.47 Å². The van der Waals surface area contributed by atoms with Gasteiger partial charge >= 0.3 is 5.97 Å². The van der Waals surface area contributed by atoms with Crippen molar-refractivity contribution in [2.45, 2.75) is 56.1 Å². The second-order valence-corrected chi connectivity index (χ2v) is 15.1. The highest BCUT2D eigenvalue weighted by Crippen LogP contribution is 2.38. The van der Waals surface area contributed by atoms with Crippen LogP contribution in [0.2, 0.25) is 0 Å². The van der Waals surface area contributed by atoms with Crippen molar-refractivity contribution in [3.05, 3.63) is 115 Å². The van der Waals surface area contributed by atoms with E-state index in [1.807, 2.05) is 42.1 Å². The number of esters is 1. The third kappa shape index (κ3) is 10.5. The number of hydrogen-bond donors (Lipinski definition) is 6. The van der Waals surface area contributed by atoms with E-state index in [0.29, 0.717) is 65.0 Å². The van der Waals surface area contributed by atoms with Crippen LogP contribution in [0.25, 0.3) is 10.9 Å². The molecule has 16 heteroatoms. The van der Waals surface area contributed by atoms with Gasteiger partial charge in [-0.3, -0.25) is 19.0 Å². The molecule has 5 aromatic rings. The number of fused-ring (bicyclic) bond motifs is 1. The number of hydrogen-bond acceptors (Lipinski definition) is 12. The van der Waals surface area contributed by atoms with Gasteiger partial charge < -0.3 is 45.3 Å². The molecule has 1 atom stereocenters. The topological polar surface area (TPSA) is 173 Å². The summed E-state index contributed by atoms with van der Waals surface area (Å²) in [5.41, 5.74) is -0.295. The van der Waals surface area contributed by atoms with Gasteiger partial charge in [0.25, 0.3) is 5.91 Å². The van der Waals surface area contributed by atoms with Crippen molar-refractivity contribution < 1.29 is 43.8 Å². The van der Waals surface area contributed by atoms with Gasteiger partial charge in [-0.25, -0.2) is 4.79 Å². The zero-order valence-electron chi connectivity index (χ0n) is 30.1. The van der Waals surface area contributed by atoms with Gasteiger partial charge in [0.15, 0.2) is 6.61 Å². The Morgan fingerprint density at radius 1 is 0.964 bits per heavy atom. The number of nitrogens with zero attached hydrogens (tertiary/aromatic N) is 1. The zero-order valence-corrected chi connectivity index (χ0v) is 31.8. The third-order valence-corrected chi connectivity index (χ3v) is 11.6. The molecule has 0 aliphatic heterocycles. The second kappa shape index (κ2) is 19.7. The molecule has 1 aliphatic rings. The van der Waals surface area contributed by atoms with Crippen LogP contribution in [0.1, 0.15) is 52.7 Å². The number of aromatic nitrogens is 1. The number of H-pyrrole nitrogens is 1. The Kier molecular flexibility index (Phi) is 15.4. The molecular weight excluding hydrogens is 755 g/mol. The molecule has 6 rings (SSSR count). The molecule has 0 spiro atoms. The molecular formula is C39H46F2N4O8S2. The van der Waals surface area contributed by atoms with Crippen LogP contribution in [0.15, 0.2) is 88.4 Å². The highest BCUT2D eigenvalue weighted by molar-refractivity contribution is 7.12. The van der Waals surface area contributed by atoms with E-state index in [-0.39, 0.29) is 51.4 Å². The fraction of sp³-hybridized carbons (Fsp3) is 0.359. The molecule has 2 aromatic carbocycles. The average molecular weight is 801 g/mol. The number of ether oxygens (including phenoxy) is 2. The molecule has 3 heterocycles. The average Bonchev–Trinajstić information content (AvgIpc) is 3.91. The van der Waals surface area contributed by atoms with Crippen LogP contribution >= 0.6 is 22.7 Å². The molecule has 0 bridgehead atoms. The smallest absolute Gasteiger partial charge is 0.349 e. The highest BCUT2D eigenvalue weighted by atomic mass is 32.1.